The lowest BCUT2D eigenvalue weighted by Crippen LogP contribution is -2.51. The molecular formula is C14H19ClF4N2O2. The quantitative estimate of drug-likeness (QED) is 0.790. The average Bonchev–Trinajstić information content (AvgIpc) is 2.52. The first-order chi connectivity index (χ1) is 10.4. The van der Waals surface area contributed by atoms with Crippen molar-refractivity contribution in [2.24, 2.45) is 0 Å². The summed E-state index contributed by atoms with van der Waals surface area (Å²) in [6.07, 6.45) is 0. The number of piperazine rings is 1. The first-order valence-corrected chi connectivity index (χ1v) is 6.87. The largest absolute Gasteiger partial charge is 0.494 e. The number of hydrogen-bond donors (Lipinski definition) is 2. The minimum atomic E-state index is -3.69. The van der Waals surface area contributed by atoms with Crippen molar-refractivity contribution >= 4 is 12.4 Å². The second kappa shape index (κ2) is 8.14. The number of rotatable bonds is 5. The van der Waals surface area contributed by atoms with Gasteiger partial charge in [-0.3, -0.25) is 4.90 Å². The number of alkyl halides is 2. The first kappa shape index (κ1) is 20.0. The molecule has 1 heterocycles. The highest BCUT2D eigenvalue weighted by Gasteiger charge is 2.47. The maximum absolute atomic E-state index is 14.4. The number of ether oxygens (including phenoxy) is 1. The Hall–Kier alpha value is -1.09. The molecule has 1 aromatic carbocycles. The van der Waals surface area contributed by atoms with Gasteiger partial charge in [-0.05, 0) is 12.1 Å². The molecule has 4 nitrogen and oxygen atoms in total. The minimum absolute atomic E-state index is 0. The van der Waals surface area contributed by atoms with E-state index < -0.39 is 35.8 Å². The fourth-order valence-corrected chi connectivity index (χ4v) is 2.65. The lowest BCUT2D eigenvalue weighted by atomic mass is 9.96. The summed E-state index contributed by atoms with van der Waals surface area (Å²) in [5.41, 5.74) is -0.777. The Morgan fingerprint density at radius 3 is 2.43 bits per heavy atom. The topological polar surface area (TPSA) is 44.7 Å². The molecule has 1 atom stereocenters. The van der Waals surface area contributed by atoms with Crippen LogP contribution in [-0.4, -0.2) is 55.8 Å². The van der Waals surface area contributed by atoms with Gasteiger partial charge in [-0.1, -0.05) is 0 Å². The monoisotopic (exact) mass is 358 g/mol. The Morgan fingerprint density at radius 1 is 1.30 bits per heavy atom. The van der Waals surface area contributed by atoms with Crippen molar-refractivity contribution in [2.45, 2.75) is 12.0 Å². The highest BCUT2D eigenvalue weighted by Crippen LogP contribution is 2.40. The maximum atomic E-state index is 14.4. The van der Waals surface area contributed by atoms with Crippen LogP contribution in [0.5, 0.6) is 5.75 Å². The highest BCUT2D eigenvalue weighted by atomic mass is 35.5. The van der Waals surface area contributed by atoms with Crippen LogP contribution in [0.1, 0.15) is 11.6 Å². The van der Waals surface area contributed by atoms with E-state index in [0.717, 1.165) is 12.1 Å². The van der Waals surface area contributed by atoms with E-state index in [1.165, 1.54) is 12.0 Å². The lowest BCUT2D eigenvalue weighted by Gasteiger charge is -2.39. The fraction of sp³-hybridized carbons (Fsp3) is 0.571. The number of hydrogen-bond acceptors (Lipinski definition) is 4. The van der Waals surface area contributed by atoms with Crippen LogP contribution in [-0.2, 0) is 0 Å². The van der Waals surface area contributed by atoms with Crippen LogP contribution in [0.25, 0.3) is 0 Å². The summed E-state index contributed by atoms with van der Waals surface area (Å²) in [4.78, 5) is 1.27. The molecule has 9 heteroatoms. The number of benzene rings is 1. The zero-order chi connectivity index (χ0) is 16.3. The molecule has 0 radical (unpaired) electrons. The Morgan fingerprint density at radius 2 is 1.91 bits per heavy atom. The molecule has 1 saturated heterocycles. The molecule has 2 rings (SSSR count). The molecule has 0 amide bonds. The van der Waals surface area contributed by atoms with E-state index in [1.54, 1.807) is 0 Å². The molecule has 0 aromatic heterocycles. The van der Waals surface area contributed by atoms with Gasteiger partial charge in [0.25, 0.3) is 5.92 Å². The molecule has 0 saturated carbocycles. The van der Waals surface area contributed by atoms with E-state index in [4.69, 9.17) is 9.84 Å². The van der Waals surface area contributed by atoms with Crippen LogP contribution in [0.4, 0.5) is 17.6 Å². The van der Waals surface area contributed by atoms with Gasteiger partial charge in [-0.25, -0.2) is 17.6 Å². The van der Waals surface area contributed by atoms with Crippen LogP contribution in [0.15, 0.2) is 12.1 Å². The van der Waals surface area contributed by atoms with Crippen LogP contribution in [0, 0.1) is 11.6 Å². The van der Waals surface area contributed by atoms with Gasteiger partial charge < -0.3 is 15.2 Å². The van der Waals surface area contributed by atoms with Crippen LogP contribution >= 0.6 is 12.4 Å². The molecule has 0 aliphatic carbocycles. The third-order valence-corrected chi connectivity index (χ3v) is 3.71. The van der Waals surface area contributed by atoms with Crippen LogP contribution < -0.4 is 10.1 Å². The molecule has 1 fully saturated rings. The molecule has 1 aromatic rings. The second-order valence-corrected chi connectivity index (χ2v) is 5.08. The summed E-state index contributed by atoms with van der Waals surface area (Å²) >= 11 is 0. The highest BCUT2D eigenvalue weighted by molar-refractivity contribution is 5.85. The number of methoxy groups -OCH3 is 1. The summed E-state index contributed by atoms with van der Waals surface area (Å²) in [5, 5.41) is 12.0. The van der Waals surface area contributed by atoms with Gasteiger partial charge >= 0.3 is 0 Å². The molecule has 1 aliphatic heterocycles. The lowest BCUT2D eigenvalue weighted by molar-refractivity contribution is -0.120. The standard InChI is InChI=1S/C14H18F4N2O2.ClH/c1-22-10-3-2-9(15)11(12(10)16)13(14(17,18)8-21)20-6-4-19-5-7-20;/h2-3,13,19,21H,4-8H2,1H3;1H/t13-;/m0./s1. The SMILES string of the molecule is COc1ccc(F)c([C@H](N2CCNCC2)C(F)(F)CO)c1F.Cl. The Bertz CT molecular complexity index is 528. The van der Waals surface area contributed by atoms with Gasteiger partial charge in [0.05, 0.1) is 12.7 Å². The van der Waals surface area contributed by atoms with E-state index in [0.29, 0.717) is 13.1 Å². The minimum Gasteiger partial charge on any atom is -0.494 e. The average molecular weight is 359 g/mol. The summed E-state index contributed by atoms with van der Waals surface area (Å²) in [6.45, 7) is -0.277. The Balaban J connectivity index is 0.00000264. The number of aliphatic hydroxyl groups excluding tert-OH is 1. The molecule has 0 unspecified atom stereocenters. The van der Waals surface area contributed by atoms with E-state index in [1.807, 2.05) is 0 Å². The molecular weight excluding hydrogens is 340 g/mol. The predicted octanol–water partition coefficient (Wildman–Crippen LogP) is 1.97. The van der Waals surface area contributed by atoms with Crippen molar-refractivity contribution < 1.29 is 27.4 Å². The zero-order valence-corrected chi connectivity index (χ0v) is 13.3. The van der Waals surface area contributed by atoms with Crippen molar-refractivity contribution in [3.05, 3.63) is 29.3 Å². The maximum Gasteiger partial charge on any atom is 0.290 e. The molecule has 1 aliphatic rings. The van der Waals surface area contributed by atoms with Gasteiger partial charge in [-0.15, -0.1) is 12.4 Å². The Labute approximate surface area is 137 Å². The van der Waals surface area contributed by atoms with E-state index in [-0.39, 0.29) is 31.2 Å². The molecule has 0 spiro atoms. The molecule has 2 N–H and O–H groups in total. The van der Waals surface area contributed by atoms with Crippen molar-refractivity contribution in [1.82, 2.24) is 10.2 Å². The summed E-state index contributed by atoms with van der Waals surface area (Å²) in [6, 6.07) is 0.0367. The first-order valence-electron chi connectivity index (χ1n) is 6.87. The number of halogens is 5. The predicted molar refractivity (Wildman–Crippen MR) is 79.4 cm³/mol. The molecule has 23 heavy (non-hydrogen) atoms. The van der Waals surface area contributed by atoms with Crippen molar-refractivity contribution in [1.29, 1.82) is 0 Å². The van der Waals surface area contributed by atoms with E-state index >= 15 is 0 Å². The van der Waals surface area contributed by atoms with Gasteiger partial charge in [0.15, 0.2) is 11.6 Å². The number of nitrogens with zero attached hydrogens (tertiary/aromatic N) is 1. The second-order valence-electron chi connectivity index (χ2n) is 5.08. The van der Waals surface area contributed by atoms with Crippen molar-refractivity contribution in [2.75, 3.05) is 39.9 Å². The van der Waals surface area contributed by atoms with Crippen molar-refractivity contribution in [3.63, 3.8) is 0 Å². The normalized spacial score (nSPS) is 17.5. The van der Waals surface area contributed by atoms with Gasteiger partial charge in [-0.2, -0.15) is 0 Å². The zero-order valence-electron chi connectivity index (χ0n) is 12.5. The van der Waals surface area contributed by atoms with E-state index in [2.05, 4.69) is 5.32 Å². The third kappa shape index (κ3) is 4.06. The van der Waals surface area contributed by atoms with Crippen molar-refractivity contribution in [3.8, 4) is 5.75 Å². The summed E-state index contributed by atoms with van der Waals surface area (Å²) in [5.74, 6) is -6.26. The van der Waals surface area contributed by atoms with Crippen LogP contribution in [0.2, 0.25) is 0 Å². The summed E-state index contributed by atoms with van der Waals surface area (Å²) in [7, 11) is 1.17. The van der Waals surface area contributed by atoms with Gasteiger partial charge in [0, 0.05) is 26.2 Å². The number of aliphatic hydroxyl groups is 1. The number of nitrogens with one attached hydrogen (secondary N) is 1. The Kier molecular flexibility index (Phi) is 7.06. The fourth-order valence-electron chi connectivity index (χ4n) is 2.65. The van der Waals surface area contributed by atoms with Gasteiger partial charge in [0.1, 0.15) is 18.5 Å². The summed E-state index contributed by atoms with van der Waals surface area (Å²) < 4.78 is 61.6. The van der Waals surface area contributed by atoms with Gasteiger partial charge in [0.2, 0.25) is 0 Å². The third-order valence-electron chi connectivity index (χ3n) is 3.71. The van der Waals surface area contributed by atoms with Crippen LogP contribution in [0.3, 0.4) is 0 Å². The molecule has 132 valence electrons. The van der Waals surface area contributed by atoms with E-state index in [9.17, 15) is 17.6 Å². The molecule has 0 bridgehead atoms. The smallest absolute Gasteiger partial charge is 0.290 e.